The molecule has 1 saturated carbocycles. The lowest BCUT2D eigenvalue weighted by molar-refractivity contribution is 0.296. The summed E-state index contributed by atoms with van der Waals surface area (Å²) in [7, 11) is 0. The lowest BCUT2D eigenvalue weighted by atomic mass is 10.1. The first-order valence-corrected chi connectivity index (χ1v) is 7.39. The summed E-state index contributed by atoms with van der Waals surface area (Å²) in [6, 6.07) is 0.709. The van der Waals surface area contributed by atoms with Gasteiger partial charge in [-0.05, 0) is 31.6 Å². The Labute approximate surface area is 98.2 Å². The molecule has 0 aromatic rings. The fourth-order valence-electron chi connectivity index (χ4n) is 2.27. The topological polar surface area (TPSA) is 32.3 Å². The maximum Gasteiger partial charge on any atom is 0.0438 e. The van der Waals surface area contributed by atoms with Crippen LogP contribution in [-0.2, 0) is 0 Å². The van der Waals surface area contributed by atoms with Gasteiger partial charge in [0.25, 0.3) is 0 Å². The summed E-state index contributed by atoms with van der Waals surface area (Å²) in [5.74, 6) is 1.11. The lowest BCUT2D eigenvalue weighted by Crippen LogP contribution is -2.37. The van der Waals surface area contributed by atoms with E-state index < -0.39 is 0 Å². The molecule has 1 aliphatic rings. The Morgan fingerprint density at radius 1 is 1.27 bits per heavy atom. The molecule has 0 amide bonds. The third kappa shape index (κ3) is 5.23. The van der Waals surface area contributed by atoms with Gasteiger partial charge in [-0.2, -0.15) is 11.8 Å². The molecule has 2 atom stereocenters. The van der Waals surface area contributed by atoms with Gasteiger partial charge in [0, 0.05) is 17.9 Å². The SMILES string of the molecule is CCNC1CCCCCC1SCCCO. The lowest BCUT2D eigenvalue weighted by Gasteiger charge is -2.25. The highest BCUT2D eigenvalue weighted by Crippen LogP contribution is 2.28. The van der Waals surface area contributed by atoms with Crippen LogP contribution >= 0.6 is 11.8 Å². The number of thioether (sulfide) groups is 1. The van der Waals surface area contributed by atoms with Crippen molar-refractivity contribution in [2.24, 2.45) is 0 Å². The van der Waals surface area contributed by atoms with Crippen molar-refractivity contribution in [3.05, 3.63) is 0 Å². The average molecular weight is 231 g/mol. The minimum Gasteiger partial charge on any atom is -0.396 e. The maximum atomic E-state index is 8.79. The first-order valence-electron chi connectivity index (χ1n) is 6.34. The smallest absolute Gasteiger partial charge is 0.0438 e. The van der Waals surface area contributed by atoms with Gasteiger partial charge < -0.3 is 10.4 Å². The van der Waals surface area contributed by atoms with Crippen molar-refractivity contribution in [2.45, 2.75) is 56.7 Å². The monoisotopic (exact) mass is 231 g/mol. The molecule has 0 radical (unpaired) electrons. The van der Waals surface area contributed by atoms with E-state index in [1.807, 2.05) is 0 Å². The largest absolute Gasteiger partial charge is 0.396 e. The van der Waals surface area contributed by atoms with E-state index in [0.717, 1.165) is 24.0 Å². The molecular formula is C12H25NOS. The fourth-order valence-corrected chi connectivity index (χ4v) is 3.66. The highest BCUT2D eigenvalue weighted by atomic mass is 32.2. The average Bonchev–Trinajstić information content (AvgIpc) is 2.45. The number of aliphatic hydroxyl groups is 1. The molecule has 0 heterocycles. The minimum absolute atomic E-state index is 0.339. The van der Waals surface area contributed by atoms with E-state index in [9.17, 15) is 0 Å². The van der Waals surface area contributed by atoms with Crippen LogP contribution in [0.25, 0.3) is 0 Å². The van der Waals surface area contributed by atoms with Gasteiger partial charge >= 0.3 is 0 Å². The van der Waals surface area contributed by atoms with Crippen LogP contribution in [-0.4, -0.2) is 35.3 Å². The summed E-state index contributed by atoms with van der Waals surface area (Å²) < 4.78 is 0. The quantitative estimate of drug-likeness (QED) is 0.544. The van der Waals surface area contributed by atoms with E-state index in [4.69, 9.17) is 5.11 Å². The zero-order valence-corrected chi connectivity index (χ0v) is 10.7. The second-order valence-electron chi connectivity index (χ2n) is 4.29. The molecular weight excluding hydrogens is 206 g/mol. The van der Waals surface area contributed by atoms with Crippen LogP contribution in [0.1, 0.15) is 45.4 Å². The molecule has 0 bridgehead atoms. The number of hydrogen-bond donors (Lipinski definition) is 2. The van der Waals surface area contributed by atoms with Crippen LogP contribution in [0, 0.1) is 0 Å². The third-order valence-corrected chi connectivity index (χ3v) is 4.57. The second kappa shape index (κ2) is 8.43. The van der Waals surface area contributed by atoms with Gasteiger partial charge in [0.15, 0.2) is 0 Å². The van der Waals surface area contributed by atoms with Gasteiger partial charge in [-0.1, -0.05) is 26.2 Å². The van der Waals surface area contributed by atoms with Crippen molar-refractivity contribution in [2.75, 3.05) is 18.9 Å². The van der Waals surface area contributed by atoms with Crippen molar-refractivity contribution >= 4 is 11.8 Å². The van der Waals surface area contributed by atoms with Gasteiger partial charge in [-0.25, -0.2) is 0 Å². The summed E-state index contributed by atoms with van der Waals surface area (Å²) in [5, 5.41) is 13.2. The van der Waals surface area contributed by atoms with Crippen LogP contribution in [0.15, 0.2) is 0 Å². The number of rotatable bonds is 6. The Morgan fingerprint density at radius 2 is 2.07 bits per heavy atom. The highest BCUT2D eigenvalue weighted by Gasteiger charge is 2.22. The summed E-state index contributed by atoms with van der Waals surface area (Å²) in [5.41, 5.74) is 0. The normalized spacial score (nSPS) is 27.6. The molecule has 2 unspecified atom stereocenters. The molecule has 0 aromatic heterocycles. The van der Waals surface area contributed by atoms with E-state index in [2.05, 4.69) is 24.0 Å². The third-order valence-electron chi connectivity index (χ3n) is 3.05. The van der Waals surface area contributed by atoms with E-state index in [-0.39, 0.29) is 0 Å². The zero-order chi connectivity index (χ0) is 10.9. The molecule has 2 nitrogen and oxygen atoms in total. The molecule has 2 N–H and O–H groups in total. The van der Waals surface area contributed by atoms with Crippen molar-refractivity contribution < 1.29 is 5.11 Å². The summed E-state index contributed by atoms with van der Waals surface area (Å²) >= 11 is 2.06. The molecule has 1 rings (SSSR count). The molecule has 0 aliphatic heterocycles. The molecule has 90 valence electrons. The molecule has 3 heteroatoms. The Hall–Kier alpha value is 0.270. The Balaban J connectivity index is 2.32. The number of hydrogen-bond acceptors (Lipinski definition) is 3. The predicted molar refractivity (Wildman–Crippen MR) is 68.5 cm³/mol. The van der Waals surface area contributed by atoms with Gasteiger partial charge in [-0.15, -0.1) is 0 Å². The maximum absolute atomic E-state index is 8.79. The molecule has 0 spiro atoms. The molecule has 1 fully saturated rings. The summed E-state index contributed by atoms with van der Waals surface area (Å²) in [4.78, 5) is 0. The highest BCUT2D eigenvalue weighted by molar-refractivity contribution is 7.99. The Kier molecular flexibility index (Phi) is 7.49. The molecule has 0 aromatic carbocycles. The zero-order valence-electron chi connectivity index (χ0n) is 9.87. The van der Waals surface area contributed by atoms with Crippen molar-refractivity contribution in [1.82, 2.24) is 5.32 Å². The molecule has 15 heavy (non-hydrogen) atoms. The van der Waals surface area contributed by atoms with E-state index in [0.29, 0.717) is 12.6 Å². The molecule has 1 aliphatic carbocycles. The number of aliphatic hydroxyl groups excluding tert-OH is 1. The minimum atomic E-state index is 0.339. The van der Waals surface area contributed by atoms with Crippen molar-refractivity contribution in [3.8, 4) is 0 Å². The van der Waals surface area contributed by atoms with Crippen LogP contribution in [0.4, 0.5) is 0 Å². The van der Waals surface area contributed by atoms with Crippen molar-refractivity contribution in [1.29, 1.82) is 0 Å². The Bertz CT molecular complexity index is 155. The van der Waals surface area contributed by atoms with E-state index >= 15 is 0 Å². The first kappa shape index (κ1) is 13.3. The van der Waals surface area contributed by atoms with Gasteiger partial charge in [0.1, 0.15) is 0 Å². The van der Waals surface area contributed by atoms with E-state index in [1.165, 1.54) is 32.1 Å². The van der Waals surface area contributed by atoms with Crippen LogP contribution in [0.5, 0.6) is 0 Å². The van der Waals surface area contributed by atoms with Gasteiger partial charge in [0.05, 0.1) is 0 Å². The fraction of sp³-hybridized carbons (Fsp3) is 1.00. The first-order chi connectivity index (χ1) is 7.38. The van der Waals surface area contributed by atoms with Gasteiger partial charge in [0.2, 0.25) is 0 Å². The predicted octanol–water partition coefficient (Wildman–Crippen LogP) is 2.41. The molecule has 0 saturated heterocycles. The van der Waals surface area contributed by atoms with Crippen LogP contribution in [0.2, 0.25) is 0 Å². The van der Waals surface area contributed by atoms with Crippen molar-refractivity contribution in [3.63, 3.8) is 0 Å². The second-order valence-corrected chi connectivity index (χ2v) is 5.64. The van der Waals surface area contributed by atoms with Crippen LogP contribution < -0.4 is 5.32 Å². The van der Waals surface area contributed by atoms with Crippen LogP contribution in [0.3, 0.4) is 0 Å². The standard InChI is InChI=1S/C12H25NOS/c1-2-13-11-7-4-3-5-8-12(11)15-10-6-9-14/h11-14H,2-10H2,1H3. The summed E-state index contributed by atoms with van der Waals surface area (Å²) in [6.07, 6.45) is 7.81. The summed E-state index contributed by atoms with van der Waals surface area (Å²) in [6.45, 7) is 3.62. The van der Waals surface area contributed by atoms with Gasteiger partial charge in [-0.3, -0.25) is 0 Å². The number of nitrogens with one attached hydrogen (secondary N) is 1. The van der Waals surface area contributed by atoms with E-state index in [1.54, 1.807) is 0 Å². The Morgan fingerprint density at radius 3 is 2.80 bits per heavy atom.